The van der Waals surface area contributed by atoms with Crippen molar-refractivity contribution in [2.24, 2.45) is 4.99 Å². The smallest absolute Gasteiger partial charge is 0.127 e. The number of hydrogen-bond donors (Lipinski definition) is 0. The third kappa shape index (κ3) is 4.39. The molecule has 4 rings (SSSR count). The molecule has 2 aromatic heterocycles. The van der Waals surface area contributed by atoms with Crippen molar-refractivity contribution in [3.63, 3.8) is 0 Å². The minimum absolute atomic E-state index is 0.240. The minimum atomic E-state index is 0.240. The number of aliphatic imine (C=N–C) groups is 1. The number of aromatic nitrogens is 4. The molecule has 6 nitrogen and oxygen atoms in total. The van der Waals surface area contributed by atoms with Gasteiger partial charge in [-0.25, -0.2) is 9.97 Å². The molecular formula is C25H32N6. The van der Waals surface area contributed by atoms with Crippen molar-refractivity contribution >= 4 is 16.7 Å². The van der Waals surface area contributed by atoms with E-state index >= 15 is 0 Å². The molecule has 0 N–H and O–H groups in total. The zero-order chi connectivity index (χ0) is 21.8. The summed E-state index contributed by atoms with van der Waals surface area (Å²) in [4.78, 5) is 16.5. The molecule has 1 aliphatic heterocycles. The molecule has 0 amide bonds. The predicted octanol–water partition coefficient (Wildman–Crippen LogP) is 5.01. The molecule has 1 saturated heterocycles. The number of hydrogen-bond acceptors (Lipinski definition) is 4. The largest absolute Gasteiger partial charge is 0.336 e. The lowest BCUT2D eigenvalue weighted by atomic mass is 9.90. The Morgan fingerprint density at radius 3 is 2.84 bits per heavy atom. The maximum atomic E-state index is 5.11. The van der Waals surface area contributed by atoms with Crippen LogP contribution in [0, 0.1) is 0 Å². The fourth-order valence-corrected chi connectivity index (χ4v) is 4.62. The summed E-state index contributed by atoms with van der Waals surface area (Å²) in [5.41, 5.74) is 4.35. The summed E-state index contributed by atoms with van der Waals surface area (Å²) in [5, 5.41) is 0. The first kappa shape index (κ1) is 21.2. The van der Waals surface area contributed by atoms with E-state index in [1.807, 2.05) is 37.9 Å². The molecule has 0 bridgehead atoms. The van der Waals surface area contributed by atoms with Crippen LogP contribution in [0.3, 0.4) is 0 Å². The van der Waals surface area contributed by atoms with Gasteiger partial charge in [-0.1, -0.05) is 24.8 Å². The predicted molar refractivity (Wildman–Crippen MR) is 127 cm³/mol. The second-order valence-electron chi connectivity index (χ2n) is 8.32. The Balaban J connectivity index is 1.70. The summed E-state index contributed by atoms with van der Waals surface area (Å²) < 4.78 is 4.51. The Morgan fingerprint density at radius 2 is 2.10 bits per heavy atom. The number of para-hydroxylation sites is 2. The second-order valence-corrected chi connectivity index (χ2v) is 8.32. The Kier molecular flexibility index (Phi) is 6.47. The number of imidazole rings is 2. The topological polar surface area (TPSA) is 51.2 Å². The summed E-state index contributed by atoms with van der Waals surface area (Å²) in [7, 11) is 2.21. The van der Waals surface area contributed by atoms with Gasteiger partial charge in [-0.3, -0.25) is 9.89 Å². The monoisotopic (exact) mass is 416 g/mol. The Hall–Kier alpha value is -2.99. The van der Waals surface area contributed by atoms with Crippen molar-refractivity contribution in [1.29, 1.82) is 0 Å². The van der Waals surface area contributed by atoms with E-state index in [4.69, 9.17) is 9.98 Å². The van der Waals surface area contributed by atoms with Gasteiger partial charge in [0.2, 0.25) is 0 Å². The fourth-order valence-electron chi connectivity index (χ4n) is 4.62. The molecule has 0 spiro atoms. The number of rotatable bonds is 7. The first-order valence-corrected chi connectivity index (χ1v) is 11.1. The Morgan fingerprint density at radius 1 is 1.26 bits per heavy atom. The molecule has 0 unspecified atom stereocenters. The molecule has 3 aromatic rings. The van der Waals surface area contributed by atoms with Gasteiger partial charge in [0, 0.05) is 31.7 Å². The zero-order valence-electron chi connectivity index (χ0n) is 18.8. The average Bonchev–Trinajstić information content (AvgIpc) is 3.41. The van der Waals surface area contributed by atoms with Gasteiger partial charge in [-0.2, -0.15) is 0 Å². The number of aryl methyl sites for hydroxylation is 2. The van der Waals surface area contributed by atoms with E-state index in [1.54, 1.807) is 0 Å². The van der Waals surface area contributed by atoms with E-state index in [1.165, 1.54) is 5.52 Å². The summed E-state index contributed by atoms with van der Waals surface area (Å²) >= 11 is 0. The number of benzene rings is 1. The lowest BCUT2D eigenvalue weighted by Gasteiger charge is -2.40. The maximum Gasteiger partial charge on any atom is 0.127 e. The van der Waals surface area contributed by atoms with Crippen molar-refractivity contribution in [3.8, 4) is 0 Å². The molecule has 0 saturated carbocycles. The molecule has 162 valence electrons. The number of piperidine rings is 1. The van der Waals surface area contributed by atoms with Gasteiger partial charge in [0.25, 0.3) is 0 Å². The van der Waals surface area contributed by atoms with Gasteiger partial charge >= 0.3 is 0 Å². The van der Waals surface area contributed by atoms with Crippen LogP contribution in [0.4, 0.5) is 0 Å². The van der Waals surface area contributed by atoms with Crippen molar-refractivity contribution in [2.45, 2.75) is 58.3 Å². The number of nitrogens with zero attached hydrogens (tertiary/aromatic N) is 6. The minimum Gasteiger partial charge on any atom is -0.336 e. The molecule has 2 atom stereocenters. The molecule has 1 fully saturated rings. The number of fused-ring (bicyclic) bond motifs is 1. The van der Waals surface area contributed by atoms with Crippen LogP contribution >= 0.6 is 0 Å². The molecule has 31 heavy (non-hydrogen) atoms. The third-order valence-corrected chi connectivity index (χ3v) is 6.18. The third-order valence-electron chi connectivity index (χ3n) is 6.18. The molecule has 3 heterocycles. The molecular weight excluding hydrogens is 384 g/mol. The average molecular weight is 417 g/mol. The fraction of sp³-hybridized carbons (Fsp3) is 0.400. The van der Waals surface area contributed by atoms with Gasteiger partial charge in [0.05, 0.1) is 35.2 Å². The standard InChI is InChI=1S/C25H32N6/c1-5-13-27-24(19(2)3)22-11-8-12-23(29(22)4)25-28-20-9-6-7-10-21(20)31(25)17-16-30-15-14-26-18-30/h5-7,9-10,13-15,18,22-23H,2,8,11-12,16-17H2,1,3-4H3/b13-5-,27-24?/t22-,23+/m0/s1. The Labute approximate surface area is 184 Å². The highest BCUT2D eigenvalue weighted by molar-refractivity contribution is 6.03. The molecule has 6 heteroatoms. The quantitative estimate of drug-likeness (QED) is 0.509. The van der Waals surface area contributed by atoms with Crippen LogP contribution in [0.2, 0.25) is 0 Å². The highest BCUT2D eigenvalue weighted by Gasteiger charge is 2.34. The van der Waals surface area contributed by atoms with Crippen LogP contribution in [-0.2, 0) is 13.1 Å². The highest BCUT2D eigenvalue weighted by Crippen LogP contribution is 2.35. The van der Waals surface area contributed by atoms with Crippen molar-refractivity contribution in [2.75, 3.05) is 7.05 Å². The Bertz CT molecular complexity index is 1090. The normalized spacial score (nSPS) is 20.7. The lowest BCUT2D eigenvalue weighted by molar-refractivity contribution is 0.144. The molecule has 0 aliphatic carbocycles. The number of allylic oxidation sites excluding steroid dienone is 1. The van der Waals surface area contributed by atoms with Crippen LogP contribution in [0.5, 0.6) is 0 Å². The van der Waals surface area contributed by atoms with Crippen molar-refractivity contribution < 1.29 is 0 Å². The van der Waals surface area contributed by atoms with E-state index in [0.717, 1.165) is 55.0 Å². The van der Waals surface area contributed by atoms with E-state index in [9.17, 15) is 0 Å². The van der Waals surface area contributed by atoms with Crippen LogP contribution in [0.25, 0.3) is 11.0 Å². The SMILES string of the molecule is C=C(C)C(=N/C=C\C)[C@@H]1CCC[C@H](c2nc3ccccc3n2CCn2ccnc2)N1C. The van der Waals surface area contributed by atoms with Crippen molar-refractivity contribution in [3.05, 3.63) is 73.2 Å². The molecule has 1 aliphatic rings. The first-order chi connectivity index (χ1) is 15.1. The van der Waals surface area contributed by atoms with Gasteiger partial charge in [0.15, 0.2) is 0 Å². The summed E-state index contributed by atoms with van der Waals surface area (Å²) in [6.45, 7) is 9.99. The van der Waals surface area contributed by atoms with E-state index in [2.05, 4.69) is 63.8 Å². The van der Waals surface area contributed by atoms with Crippen LogP contribution in [-0.4, -0.2) is 42.8 Å². The maximum absolute atomic E-state index is 5.11. The molecule has 1 aromatic carbocycles. The summed E-state index contributed by atoms with van der Waals surface area (Å²) in [6.07, 6.45) is 12.9. The van der Waals surface area contributed by atoms with Gasteiger partial charge < -0.3 is 9.13 Å². The van der Waals surface area contributed by atoms with Crippen molar-refractivity contribution in [1.82, 2.24) is 24.0 Å². The number of likely N-dealkylation sites (tertiary alicyclic amines) is 1. The lowest BCUT2D eigenvalue weighted by Crippen LogP contribution is -2.45. The van der Waals surface area contributed by atoms with Crippen LogP contribution in [0.15, 0.2) is 72.4 Å². The second kappa shape index (κ2) is 9.43. The van der Waals surface area contributed by atoms with Gasteiger partial charge in [-0.05, 0) is 57.9 Å². The van der Waals surface area contributed by atoms with E-state index < -0.39 is 0 Å². The highest BCUT2D eigenvalue weighted by atomic mass is 15.2. The van der Waals surface area contributed by atoms with E-state index in [0.29, 0.717) is 0 Å². The van der Waals surface area contributed by atoms with Crippen LogP contribution < -0.4 is 0 Å². The van der Waals surface area contributed by atoms with Crippen LogP contribution in [0.1, 0.15) is 45.0 Å². The first-order valence-electron chi connectivity index (χ1n) is 11.1. The van der Waals surface area contributed by atoms with Gasteiger partial charge in [-0.15, -0.1) is 0 Å². The summed E-state index contributed by atoms with van der Waals surface area (Å²) in [6, 6.07) is 8.93. The molecule has 0 radical (unpaired) electrons. The zero-order valence-corrected chi connectivity index (χ0v) is 18.8. The van der Waals surface area contributed by atoms with Gasteiger partial charge in [0.1, 0.15) is 5.82 Å². The van der Waals surface area contributed by atoms with E-state index in [-0.39, 0.29) is 12.1 Å². The summed E-state index contributed by atoms with van der Waals surface area (Å²) in [5.74, 6) is 1.14.